The Bertz CT molecular complexity index is 578. The smallest absolute Gasteiger partial charge is 0.475 e. The number of carbonyl (C=O) groups excluding carboxylic acids is 1. The van der Waals surface area contributed by atoms with Crippen molar-refractivity contribution in [2.24, 2.45) is 11.7 Å². The van der Waals surface area contributed by atoms with Gasteiger partial charge in [0.15, 0.2) is 0 Å². The van der Waals surface area contributed by atoms with Crippen molar-refractivity contribution >= 4 is 11.9 Å². The summed E-state index contributed by atoms with van der Waals surface area (Å²) in [7, 11) is 0. The first-order valence-electron chi connectivity index (χ1n) is 7.59. The molecule has 140 valence electrons. The van der Waals surface area contributed by atoms with E-state index in [2.05, 4.69) is 13.8 Å². The van der Waals surface area contributed by atoms with Gasteiger partial charge in [0.2, 0.25) is 0 Å². The fourth-order valence-electron chi connectivity index (χ4n) is 2.20. The number of benzene rings is 1. The number of amides is 1. The summed E-state index contributed by atoms with van der Waals surface area (Å²) in [5, 5.41) is 8.60. The van der Waals surface area contributed by atoms with Crippen molar-refractivity contribution in [3.8, 4) is 0 Å². The third-order valence-corrected chi connectivity index (χ3v) is 3.56. The molecule has 6 nitrogen and oxygen atoms in total. The van der Waals surface area contributed by atoms with Crippen LogP contribution in [0.3, 0.4) is 0 Å². The lowest BCUT2D eigenvalue weighted by molar-refractivity contribution is -0.199. The predicted octanol–water partition coefficient (Wildman–Crippen LogP) is 2.34. The summed E-state index contributed by atoms with van der Waals surface area (Å²) in [5.41, 5.74) is 6.84. The second-order valence-electron chi connectivity index (χ2n) is 5.88. The molecule has 1 amide bonds. The summed E-state index contributed by atoms with van der Waals surface area (Å²) in [5.74, 6) is -2.52. The van der Waals surface area contributed by atoms with Crippen molar-refractivity contribution in [2.75, 3.05) is 0 Å². The molecule has 25 heavy (non-hydrogen) atoms. The number of alkyl halides is 3. The topological polar surface area (TPSA) is 92.9 Å². The summed E-state index contributed by atoms with van der Waals surface area (Å²) in [4.78, 5) is 26.5. The van der Waals surface area contributed by atoms with Crippen LogP contribution >= 0.6 is 0 Å². The summed E-state index contributed by atoms with van der Waals surface area (Å²) in [6, 6.07) is 9.48. The van der Waals surface area contributed by atoms with E-state index in [9.17, 15) is 18.0 Å². The molecule has 1 fully saturated rings. The Hall–Kier alpha value is -2.13. The number of rotatable bonds is 4. The van der Waals surface area contributed by atoms with Gasteiger partial charge in [-0.2, -0.15) is 13.2 Å². The number of hydrogen-bond donors (Lipinski definition) is 2. The molecule has 0 aromatic heterocycles. The third-order valence-electron chi connectivity index (χ3n) is 3.56. The molecule has 0 aliphatic carbocycles. The molecule has 0 saturated carbocycles. The molecule has 0 spiro atoms. The highest BCUT2D eigenvalue weighted by molar-refractivity contribution is 5.83. The van der Waals surface area contributed by atoms with Crippen LogP contribution in [0.2, 0.25) is 0 Å². The Labute approximate surface area is 143 Å². The minimum Gasteiger partial charge on any atom is -0.475 e. The molecule has 0 radical (unpaired) electrons. The van der Waals surface area contributed by atoms with Crippen molar-refractivity contribution in [2.45, 2.75) is 45.1 Å². The quantitative estimate of drug-likeness (QED) is 0.858. The van der Waals surface area contributed by atoms with Gasteiger partial charge in [0, 0.05) is 0 Å². The van der Waals surface area contributed by atoms with E-state index < -0.39 is 18.2 Å². The molecule has 1 saturated heterocycles. The number of carbonyl (C=O) groups is 2. The molecule has 1 heterocycles. The predicted molar refractivity (Wildman–Crippen MR) is 83.0 cm³/mol. The number of nitrogens with two attached hydrogens (primary N) is 1. The van der Waals surface area contributed by atoms with Crippen LogP contribution in [0, 0.1) is 5.92 Å². The number of carboxylic acids is 1. The van der Waals surface area contributed by atoms with E-state index in [0.29, 0.717) is 18.9 Å². The van der Waals surface area contributed by atoms with E-state index >= 15 is 0 Å². The standard InChI is InChI=1S/C14H20N2O2.C2HF3O2/c1-10(2)13-8-12(15)14(17)16(13)18-9-11-6-4-3-5-7-11;3-2(4,5)1(6)7/h3-7,10,12-13H,8-9,15H2,1-2H3;(H,6,7)/t12-,13+;/m1./s1. The number of carboxylic acid groups (broad SMARTS) is 1. The summed E-state index contributed by atoms with van der Waals surface area (Å²) in [6.45, 7) is 4.56. The highest BCUT2D eigenvalue weighted by Gasteiger charge is 2.40. The second-order valence-corrected chi connectivity index (χ2v) is 5.88. The van der Waals surface area contributed by atoms with E-state index in [4.69, 9.17) is 20.5 Å². The zero-order valence-electron chi connectivity index (χ0n) is 13.9. The van der Waals surface area contributed by atoms with Gasteiger partial charge in [-0.15, -0.1) is 0 Å². The number of hydrogen-bond acceptors (Lipinski definition) is 4. The van der Waals surface area contributed by atoms with Gasteiger partial charge in [0.1, 0.15) is 6.61 Å². The van der Waals surface area contributed by atoms with Gasteiger partial charge < -0.3 is 10.8 Å². The average Bonchev–Trinajstić information content (AvgIpc) is 2.81. The highest BCUT2D eigenvalue weighted by Crippen LogP contribution is 2.25. The lowest BCUT2D eigenvalue weighted by Crippen LogP contribution is -2.38. The van der Waals surface area contributed by atoms with Crippen LogP contribution in [-0.2, 0) is 21.0 Å². The maximum Gasteiger partial charge on any atom is 0.490 e. The normalized spacial score (nSPS) is 20.4. The molecule has 0 bridgehead atoms. The van der Waals surface area contributed by atoms with Crippen molar-refractivity contribution in [1.82, 2.24) is 5.06 Å². The maximum atomic E-state index is 11.9. The van der Waals surface area contributed by atoms with Crippen LogP contribution in [0.15, 0.2) is 30.3 Å². The van der Waals surface area contributed by atoms with Crippen LogP contribution < -0.4 is 5.73 Å². The Morgan fingerprint density at radius 1 is 1.36 bits per heavy atom. The Morgan fingerprint density at radius 2 is 1.88 bits per heavy atom. The molecule has 0 unspecified atom stereocenters. The van der Waals surface area contributed by atoms with Crippen LogP contribution in [-0.4, -0.2) is 40.3 Å². The number of hydroxylamine groups is 2. The van der Waals surface area contributed by atoms with Crippen LogP contribution in [0.5, 0.6) is 0 Å². The first kappa shape index (κ1) is 20.9. The molecule has 2 rings (SSSR count). The van der Waals surface area contributed by atoms with Crippen LogP contribution in [0.4, 0.5) is 13.2 Å². The Kier molecular flexibility index (Phi) is 7.38. The van der Waals surface area contributed by atoms with E-state index in [1.165, 1.54) is 5.06 Å². The van der Waals surface area contributed by atoms with Crippen molar-refractivity contribution in [3.05, 3.63) is 35.9 Å². The van der Waals surface area contributed by atoms with E-state index in [1.807, 2.05) is 30.3 Å². The third kappa shape index (κ3) is 6.35. The second kappa shape index (κ2) is 8.82. The molecule has 2 atom stereocenters. The fourth-order valence-corrected chi connectivity index (χ4v) is 2.20. The van der Waals surface area contributed by atoms with Crippen molar-refractivity contribution < 1.29 is 32.7 Å². The molecule has 1 aromatic carbocycles. The number of nitrogens with zero attached hydrogens (tertiary/aromatic N) is 1. The Balaban J connectivity index is 0.000000381. The number of aliphatic carboxylic acids is 1. The zero-order valence-corrected chi connectivity index (χ0v) is 13.9. The highest BCUT2D eigenvalue weighted by atomic mass is 19.4. The molecule has 9 heteroatoms. The largest absolute Gasteiger partial charge is 0.490 e. The van der Waals surface area contributed by atoms with Gasteiger partial charge in [-0.25, -0.2) is 9.86 Å². The summed E-state index contributed by atoms with van der Waals surface area (Å²) < 4.78 is 31.7. The molecule has 3 N–H and O–H groups in total. The minimum absolute atomic E-state index is 0.0798. The molecule has 1 aliphatic heterocycles. The van der Waals surface area contributed by atoms with E-state index in [1.54, 1.807) is 0 Å². The Morgan fingerprint density at radius 3 is 2.32 bits per heavy atom. The summed E-state index contributed by atoms with van der Waals surface area (Å²) in [6.07, 6.45) is -4.41. The van der Waals surface area contributed by atoms with Crippen molar-refractivity contribution in [1.29, 1.82) is 0 Å². The average molecular weight is 362 g/mol. The lowest BCUT2D eigenvalue weighted by Gasteiger charge is -2.26. The maximum absolute atomic E-state index is 11.9. The van der Waals surface area contributed by atoms with Crippen LogP contribution in [0.1, 0.15) is 25.8 Å². The minimum atomic E-state index is -5.08. The first-order chi connectivity index (χ1) is 11.5. The molecular formula is C16H21F3N2O4. The van der Waals surface area contributed by atoms with Gasteiger partial charge in [0.25, 0.3) is 5.91 Å². The molecular weight excluding hydrogens is 341 g/mol. The van der Waals surface area contributed by atoms with E-state index in [0.717, 1.165) is 5.56 Å². The van der Waals surface area contributed by atoms with Gasteiger partial charge >= 0.3 is 12.1 Å². The van der Waals surface area contributed by atoms with Crippen molar-refractivity contribution in [3.63, 3.8) is 0 Å². The van der Waals surface area contributed by atoms with E-state index in [-0.39, 0.29) is 11.9 Å². The van der Waals surface area contributed by atoms with Crippen LogP contribution in [0.25, 0.3) is 0 Å². The monoisotopic (exact) mass is 362 g/mol. The zero-order chi connectivity index (χ0) is 19.2. The van der Waals surface area contributed by atoms with Gasteiger partial charge in [-0.1, -0.05) is 44.2 Å². The molecule has 1 aromatic rings. The number of halogens is 3. The van der Waals surface area contributed by atoms with Gasteiger partial charge in [0.05, 0.1) is 12.1 Å². The SMILES string of the molecule is CC(C)[C@@H]1C[C@@H](N)C(=O)N1OCc1ccccc1.O=C(O)C(F)(F)F. The van der Waals surface area contributed by atoms with Gasteiger partial charge in [-0.05, 0) is 17.9 Å². The first-order valence-corrected chi connectivity index (χ1v) is 7.59. The summed E-state index contributed by atoms with van der Waals surface area (Å²) >= 11 is 0. The van der Waals surface area contributed by atoms with Gasteiger partial charge in [-0.3, -0.25) is 9.63 Å². The fraction of sp³-hybridized carbons (Fsp3) is 0.500. The molecule has 1 aliphatic rings. The lowest BCUT2D eigenvalue weighted by atomic mass is 10.0.